The van der Waals surface area contributed by atoms with Crippen LogP contribution in [0.3, 0.4) is 0 Å². The lowest BCUT2D eigenvalue weighted by Crippen LogP contribution is -2.58. The van der Waals surface area contributed by atoms with Gasteiger partial charge in [0.05, 0.1) is 0 Å². The molecule has 2 heteroatoms. The maximum absolute atomic E-state index is 2.67. The van der Waals surface area contributed by atoms with Crippen LogP contribution in [-0.2, 0) is 0 Å². The van der Waals surface area contributed by atoms with Crippen LogP contribution in [0.4, 0.5) is 0 Å². The molecule has 12 heavy (non-hydrogen) atoms. The first kappa shape index (κ1) is 8.52. The summed E-state index contributed by atoms with van der Waals surface area (Å²) in [6, 6.07) is 0.916. The summed E-state index contributed by atoms with van der Waals surface area (Å²) in [7, 11) is 0. The molecule has 2 rings (SSSR count). The minimum Gasteiger partial charge on any atom is -0.300 e. The summed E-state index contributed by atoms with van der Waals surface area (Å²) in [6.45, 7) is 8.99. The van der Waals surface area contributed by atoms with Crippen LogP contribution in [0.2, 0.25) is 0 Å². The van der Waals surface area contributed by atoms with E-state index in [0.717, 1.165) is 6.04 Å². The van der Waals surface area contributed by atoms with Gasteiger partial charge in [-0.3, -0.25) is 4.90 Å². The van der Waals surface area contributed by atoms with Crippen molar-refractivity contribution in [1.29, 1.82) is 0 Å². The Bertz CT molecular complexity index is 135. The fraction of sp³-hybridized carbons (Fsp3) is 1.00. The van der Waals surface area contributed by atoms with E-state index >= 15 is 0 Å². The molecule has 0 N–H and O–H groups in total. The second kappa shape index (κ2) is 3.75. The molecule has 0 spiro atoms. The smallest absolute Gasteiger partial charge is 0.0350 e. The third kappa shape index (κ3) is 1.64. The molecule has 2 aliphatic heterocycles. The Morgan fingerprint density at radius 3 is 2.42 bits per heavy atom. The van der Waals surface area contributed by atoms with Crippen LogP contribution >= 0.6 is 0 Å². The average molecular weight is 168 g/mol. The maximum Gasteiger partial charge on any atom is 0.0350 e. The maximum atomic E-state index is 2.67. The van der Waals surface area contributed by atoms with Gasteiger partial charge in [0.1, 0.15) is 0 Å². The van der Waals surface area contributed by atoms with E-state index < -0.39 is 0 Å². The van der Waals surface area contributed by atoms with Crippen molar-refractivity contribution >= 4 is 0 Å². The third-order valence-electron chi connectivity index (χ3n) is 3.13. The summed E-state index contributed by atoms with van der Waals surface area (Å²) < 4.78 is 0. The first-order chi connectivity index (χ1) is 5.90. The Kier molecular flexibility index (Phi) is 2.66. The molecular formula is C10H20N2. The average Bonchev–Trinajstić information content (AvgIpc) is 2.47. The molecule has 0 radical (unpaired) electrons. The molecule has 0 bridgehead atoms. The topological polar surface area (TPSA) is 6.48 Å². The molecule has 2 aliphatic rings. The number of nitrogens with zero attached hydrogens (tertiary/aromatic N) is 2. The number of hydrogen-bond acceptors (Lipinski definition) is 2. The molecule has 0 saturated carbocycles. The zero-order valence-electron chi connectivity index (χ0n) is 8.13. The van der Waals surface area contributed by atoms with Crippen molar-refractivity contribution in [2.24, 2.45) is 0 Å². The second-order valence-electron chi connectivity index (χ2n) is 4.16. The Morgan fingerprint density at radius 1 is 1.17 bits per heavy atom. The van der Waals surface area contributed by atoms with Crippen molar-refractivity contribution in [3.8, 4) is 0 Å². The van der Waals surface area contributed by atoms with E-state index in [2.05, 4.69) is 16.7 Å². The number of hydrogen-bond donors (Lipinski definition) is 0. The van der Waals surface area contributed by atoms with Gasteiger partial charge in [-0.05, 0) is 38.9 Å². The minimum absolute atomic E-state index is 0.916. The van der Waals surface area contributed by atoms with E-state index in [-0.39, 0.29) is 0 Å². The van der Waals surface area contributed by atoms with Crippen LogP contribution in [0.25, 0.3) is 0 Å². The molecular weight excluding hydrogens is 148 g/mol. The molecule has 0 aliphatic carbocycles. The zero-order valence-corrected chi connectivity index (χ0v) is 8.13. The molecule has 0 unspecified atom stereocenters. The lowest BCUT2D eigenvalue weighted by atomic mass is 10.1. The first-order valence-corrected chi connectivity index (χ1v) is 5.36. The third-order valence-corrected chi connectivity index (χ3v) is 3.13. The van der Waals surface area contributed by atoms with Gasteiger partial charge in [-0.15, -0.1) is 0 Å². The van der Waals surface area contributed by atoms with Crippen molar-refractivity contribution < 1.29 is 0 Å². The van der Waals surface area contributed by atoms with Crippen molar-refractivity contribution in [2.45, 2.75) is 32.2 Å². The zero-order chi connectivity index (χ0) is 8.39. The molecule has 70 valence electrons. The quantitative estimate of drug-likeness (QED) is 0.624. The molecule has 2 nitrogen and oxygen atoms in total. The fourth-order valence-electron chi connectivity index (χ4n) is 2.38. The molecule has 0 amide bonds. The predicted octanol–water partition coefficient (Wildman–Crippen LogP) is 1.18. The van der Waals surface area contributed by atoms with Gasteiger partial charge in [-0.25, -0.2) is 0 Å². The standard InChI is InChI=1S/C10H20N2/c1-2-5-11-8-10(9-11)12-6-3-4-7-12/h10H,2-9H2,1H3. The van der Waals surface area contributed by atoms with Crippen LogP contribution in [0, 0.1) is 0 Å². The lowest BCUT2D eigenvalue weighted by molar-refractivity contribution is 0.0484. The fourth-order valence-corrected chi connectivity index (χ4v) is 2.38. The molecule has 0 atom stereocenters. The molecule has 0 aromatic heterocycles. The van der Waals surface area contributed by atoms with E-state index in [1.165, 1.54) is 52.0 Å². The normalized spacial score (nSPS) is 27.8. The first-order valence-electron chi connectivity index (χ1n) is 5.36. The van der Waals surface area contributed by atoms with Crippen molar-refractivity contribution in [2.75, 3.05) is 32.7 Å². The highest BCUT2D eigenvalue weighted by Crippen LogP contribution is 2.19. The van der Waals surface area contributed by atoms with Gasteiger partial charge >= 0.3 is 0 Å². The van der Waals surface area contributed by atoms with Crippen molar-refractivity contribution in [1.82, 2.24) is 9.80 Å². The van der Waals surface area contributed by atoms with E-state index in [0.29, 0.717) is 0 Å². The summed E-state index contributed by atoms with van der Waals surface area (Å²) in [5.74, 6) is 0. The summed E-state index contributed by atoms with van der Waals surface area (Å²) >= 11 is 0. The Morgan fingerprint density at radius 2 is 1.83 bits per heavy atom. The Balaban J connectivity index is 1.66. The Hall–Kier alpha value is -0.0800. The van der Waals surface area contributed by atoms with E-state index in [9.17, 15) is 0 Å². The number of likely N-dealkylation sites (tertiary alicyclic amines) is 2. The highest BCUT2D eigenvalue weighted by atomic mass is 15.3. The van der Waals surface area contributed by atoms with Crippen LogP contribution in [0.1, 0.15) is 26.2 Å². The molecule has 2 fully saturated rings. The largest absolute Gasteiger partial charge is 0.300 e. The van der Waals surface area contributed by atoms with E-state index in [4.69, 9.17) is 0 Å². The SMILES string of the molecule is CCCN1CC(N2CCCC2)C1. The highest BCUT2D eigenvalue weighted by molar-refractivity contribution is 4.89. The van der Waals surface area contributed by atoms with Crippen LogP contribution < -0.4 is 0 Å². The summed E-state index contributed by atoms with van der Waals surface area (Å²) in [4.78, 5) is 5.25. The summed E-state index contributed by atoms with van der Waals surface area (Å²) in [5.41, 5.74) is 0. The molecule has 2 saturated heterocycles. The van der Waals surface area contributed by atoms with Gasteiger partial charge < -0.3 is 4.90 Å². The predicted molar refractivity (Wildman–Crippen MR) is 51.3 cm³/mol. The molecule has 2 heterocycles. The van der Waals surface area contributed by atoms with E-state index in [1.54, 1.807) is 0 Å². The van der Waals surface area contributed by atoms with Gasteiger partial charge in [0.15, 0.2) is 0 Å². The van der Waals surface area contributed by atoms with E-state index in [1.807, 2.05) is 0 Å². The van der Waals surface area contributed by atoms with Crippen molar-refractivity contribution in [3.05, 3.63) is 0 Å². The second-order valence-corrected chi connectivity index (χ2v) is 4.16. The summed E-state index contributed by atoms with van der Waals surface area (Å²) in [5, 5.41) is 0. The van der Waals surface area contributed by atoms with Crippen molar-refractivity contribution in [3.63, 3.8) is 0 Å². The van der Waals surface area contributed by atoms with Crippen LogP contribution in [0.5, 0.6) is 0 Å². The van der Waals surface area contributed by atoms with Gasteiger partial charge in [0.2, 0.25) is 0 Å². The monoisotopic (exact) mass is 168 g/mol. The molecule has 0 aromatic rings. The van der Waals surface area contributed by atoms with Crippen LogP contribution in [0.15, 0.2) is 0 Å². The van der Waals surface area contributed by atoms with Gasteiger partial charge in [0, 0.05) is 19.1 Å². The van der Waals surface area contributed by atoms with Crippen LogP contribution in [-0.4, -0.2) is 48.6 Å². The number of rotatable bonds is 3. The summed E-state index contributed by atoms with van der Waals surface area (Å²) in [6.07, 6.45) is 4.18. The van der Waals surface area contributed by atoms with Gasteiger partial charge in [-0.1, -0.05) is 6.92 Å². The highest BCUT2D eigenvalue weighted by Gasteiger charge is 2.31. The Labute approximate surface area is 75.5 Å². The molecule has 0 aromatic carbocycles. The minimum atomic E-state index is 0.916. The van der Waals surface area contributed by atoms with Gasteiger partial charge in [0.25, 0.3) is 0 Å². The lowest BCUT2D eigenvalue weighted by Gasteiger charge is -2.44. The van der Waals surface area contributed by atoms with Gasteiger partial charge in [-0.2, -0.15) is 0 Å².